The van der Waals surface area contributed by atoms with Crippen molar-refractivity contribution in [3.8, 4) is 0 Å². The van der Waals surface area contributed by atoms with Crippen LogP contribution in [-0.4, -0.2) is 38.4 Å². The van der Waals surface area contributed by atoms with E-state index < -0.39 is 15.9 Å². The highest BCUT2D eigenvalue weighted by molar-refractivity contribution is 7.89. The molecule has 0 fully saturated rings. The fourth-order valence-corrected chi connectivity index (χ4v) is 4.26. The Labute approximate surface area is 154 Å². The van der Waals surface area contributed by atoms with Gasteiger partial charge < -0.3 is 5.73 Å². The molecule has 2 aromatic carbocycles. The molecule has 1 unspecified atom stereocenters. The van der Waals surface area contributed by atoms with Gasteiger partial charge in [-0.15, -0.1) is 0 Å². The van der Waals surface area contributed by atoms with Crippen LogP contribution in [0.4, 0.5) is 0 Å². The van der Waals surface area contributed by atoms with E-state index in [1.165, 1.54) is 35.4 Å². The molecule has 138 valence electrons. The molecule has 1 atom stereocenters. The highest BCUT2D eigenvalue weighted by Crippen LogP contribution is 2.20. The third-order valence-electron chi connectivity index (χ3n) is 4.80. The van der Waals surface area contributed by atoms with Gasteiger partial charge in [-0.05, 0) is 48.7 Å². The zero-order chi connectivity index (χ0) is 18.7. The summed E-state index contributed by atoms with van der Waals surface area (Å²) in [5.41, 5.74) is 8.13. The van der Waals surface area contributed by atoms with E-state index in [1.807, 2.05) is 13.0 Å². The lowest BCUT2D eigenvalue weighted by molar-refractivity contribution is 0.1000. The first-order chi connectivity index (χ1) is 12.4. The fourth-order valence-electron chi connectivity index (χ4n) is 3.13. The molecule has 6 nitrogen and oxygen atoms in total. The van der Waals surface area contributed by atoms with Crippen molar-refractivity contribution in [2.45, 2.75) is 30.8 Å². The van der Waals surface area contributed by atoms with Crippen LogP contribution in [0.1, 0.15) is 28.4 Å². The summed E-state index contributed by atoms with van der Waals surface area (Å²) in [6, 6.07) is 14.1. The minimum atomic E-state index is -3.63. The molecular formula is C19H23N3O3S. The first kappa shape index (κ1) is 18.6. The average Bonchev–Trinajstić information content (AvgIpc) is 2.66. The van der Waals surface area contributed by atoms with Crippen LogP contribution in [0, 0.1) is 0 Å². The van der Waals surface area contributed by atoms with E-state index >= 15 is 0 Å². The lowest BCUT2D eigenvalue weighted by Gasteiger charge is -2.33. The molecular weight excluding hydrogens is 350 g/mol. The molecule has 0 aliphatic carbocycles. The third-order valence-corrected chi connectivity index (χ3v) is 6.24. The Morgan fingerprint density at radius 1 is 1.15 bits per heavy atom. The molecule has 2 aromatic rings. The molecule has 7 heteroatoms. The van der Waals surface area contributed by atoms with E-state index in [0.717, 1.165) is 19.5 Å². The van der Waals surface area contributed by atoms with Crippen LogP contribution >= 0.6 is 0 Å². The van der Waals surface area contributed by atoms with Crippen molar-refractivity contribution in [3.05, 3.63) is 65.2 Å². The van der Waals surface area contributed by atoms with Gasteiger partial charge in [0.05, 0.1) is 4.90 Å². The molecule has 3 N–H and O–H groups in total. The normalized spacial score (nSPS) is 16.0. The third kappa shape index (κ3) is 4.12. The summed E-state index contributed by atoms with van der Waals surface area (Å²) in [6.45, 7) is 4.08. The van der Waals surface area contributed by atoms with Crippen molar-refractivity contribution >= 4 is 15.9 Å². The average molecular weight is 373 g/mol. The maximum absolute atomic E-state index is 12.5. The number of primary amides is 1. The molecule has 3 rings (SSSR count). The number of fused-ring (bicyclic) bond motifs is 1. The zero-order valence-corrected chi connectivity index (χ0v) is 15.5. The number of amides is 1. The predicted octanol–water partition coefficient (Wildman–Crippen LogP) is 1.51. The van der Waals surface area contributed by atoms with E-state index in [9.17, 15) is 13.2 Å². The number of nitrogens with two attached hydrogens (primary N) is 1. The van der Waals surface area contributed by atoms with Crippen molar-refractivity contribution < 1.29 is 13.2 Å². The summed E-state index contributed by atoms with van der Waals surface area (Å²) >= 11 is 0. The first-order valence-corrected chi connectivity index (χ1v) is 10.1. The number of nitrogens with one attached hydrogen (secondary N) is 1. The standard InChI is InChI=1S/C19H23N3O3S/c1-14(22-11-10-15-4-2-3-5-17(15)13-22)12-21-26(24,25)18-8-6-16(7-9-18)19(20)23/h2-9,14,21H,10-13H2,1H3,(H2,20,23). The number of hydrogen-bond donors (Lipinski definition) is 2. The summed E-state index contributed by atoms with van der Waals surface area (Å²) in [5, 5.41) is 0. The molecule has 1 aliphatic heterocycles. The minimum absolute atomic E-state index is 0.0722. The van der Waals surface area contributed by atoms with Crippen molar-refractivity contribution in [2.75, 3.05) is 13.1 Å². The molecule has 0 aromatic heterocycles. The van der Waals surface area contributed by atoms with Crippen LogP contribution in [0.5, 0.6) is 0 Å². The molecule has 1 aliphatic rings. The Kier molecular flexibility index (Phi) is 5.41. The van der Waals surface area contributed by atoms with E-state index in [4.69, 9.17) is 5.73 Å². The van der Waals surface area contributed by atoms with Crippen LogP contribution in [0.2, 0.25) is 0 Å². The summed E-state index contributed by atoms with van der Waals surface area (Å²) < 4.78 is 27.6. The number of carbonyl (C=O) groups is 1. The van der Waals surface area contributed by atoms with E-state index in [-0.39, 0.29) is 16.5 Å². The number of carbonyl (C=O) groups excluding carboxylic acids is 1. The molecule has 1 amide bonds. The first-order valence-electron chi connectivity index (χ1n) is 8.57. The lowest BCUT2D eigenvalue weighted by Crippen LogP contribution is -2.44. The van der Waals surface area contributed by atoms with Gasteiger partial charge >= 0.3 is 0 Å². The summed E-state index contributed by atoms with van der Waals surface area (Å²) in [7, 11) is -3.63. The molecule has 0 bridgehead atoms. The van der Waals surface area contributed by atoms with Gasteiger partial charge in [0, 0.05) is 31.2 Å². The smallest absolute Gasteiger partial charge is 0.248 e. The van der Waals surface area contributed by atoms with Gasteiger partial charge in [-0.2, -0.15) is 0 Å². The van der Waals surface area contributed by atoms with Gasteiger partial charge in [-0.3, -0.25) is 9.69 Å². The molecule has 0 spiro atoms. The SMILES string of the molecule is CC(CNS(=O)(=O)c1ccc(C(N)=O)cc1)N1CCc2ccccc2C1. The van der Waals surface area contributed by atoms with Crippen molar-refractivity contribution in [2.24, 2.45) is 5.73 Å². The van der Waals surface area contributed by atoms with Crippen LogP contribution in [0.15, 0.2) is 53.4 Å². The molecule has 0 saturated carbocycles. The fraction of sp³-hybridized carbons (Fsp3) is 0.316. The molecule has 26 heavy (non-hydrogen) atoms. The Morgan fingerprint density at radius 3 is 2.46 bits per heavy atom. The van der Waals surface area contributed by atoms with Crippen LogP contribution in [0.3, 0.4) is 0 Å². The van der Waals surface area contributed by atoms with Gasteiger partial charge in [0.2, 0.25) is 15.9 Å². The topological polar surface area (TPSA) is 92.5 Å². The second-order valence-electron chi connectivity index (χ2n) is 6.58. The highest BCUT2D eigenvalue weighted by atomic mass is 32.2. The van der Waals surface area contributed by atoms with Gasteiger partial charge in [0.15, 0.2) is 0 Å². The van der Waals surface area contributed by atoms with E-state index in [2.05, 4.69) is 27.8 Å². The summed E-state index contributed by atoms with van der Waals surface area (Å²) in [4.78, 5) is 13.5. The van der Waals surface area contributed by atoms with Crippen LogP contribution in [0.25, 0.3) is 0 Å². The number of rotatable bonds is 6. The maximum atomic E-state index is 12.5. The van der Waals surface area contributed by atoms with Crippen LogP contribution < -0.4 is 10.5 Å². The van der Waals surface area contributed by atoms with Crippen molar-refractivity contribution in [3.63, 3.8) is 0 Å². The Hall–Kier alpha value is -2.22. The van der Waals surface area contributed by atoms with Gasteiger partial charge in [-0.25, -0.2) is 13.1 Å². The van der Waals surface area contributed by atoms with E-state index in [0.29, 0.717) is 6.54 Å². The highest BCUT2D eigenvalue weighted by Gasteiger charge is 2.22. The summed E-state index contributed by atoms with van der Waals surface area (Å²) in [6.07, 6.45) is 0.974. The molecule has 1 heterocycles. The van der Waals surface area contributed by atoms with Gasteiger partial charge in [0.25, 0.3) is 0 Å². The summed E-state index contributed by atoms with van der Waals surface area (Å²) in [5.74, 6) is -0.582. The monoisotopic (exact) mass is 373 g/mol. The lowest BCUT2D eigenvalue weighted by atomic mass is 9.99. The Balaban J connectivity index is 1.61. The molecule has 0 radical (unpaired) electrons. The Morgan fingerprint density at radius 2 is 1.81 bits per heavy atom. The maximum Gasteiger partial charge on any atom is 0.248 e. The van der Waals surface area contributed by atoms with Crippen LogP contribution in [-0.2, 0) is 23.0 Å². The predicted molar refractivity (Wildman–Crippen MR) is 100 cm³/mol. The zero-order valence-electron chi connectivity index (χ0n) is 14.7. The van der Waals surface area contributed by atoms with Gasteiger partial charge in [-0.1, -0.05) is 24.3 Å². The number of nitrogens with zero attached hydrogens (tertiary/aromatic N) is 1. The van der Waals surface area contributed by atoms with Gasteiger partial charge in [0.1, 0.15) is 0 Å². The second kappa shape index (κ2) is 7.57. The van der Waals surface area contributed by atoms with Crippen molar-refractivity contribution in [1.82, 2.24) is 9.62 Å². The largest absolute Gasteiger partial charge is 0.366 e. The number of sulfonamides is 1. The molecule has 0 saturated heterocycles. The number of benzene rings is 2. The van der Waals surface area contributed by atoms with Crippen molar-refractivity contribution in [1.29, 1.82) is 0 Å². The second-order valence-corrected chi connectivity index (χ2v) is 8.35. The number of hydrogen-bond acceptors (Lipinski definition) is 4. The minimum Gasteiger partial charge on any atom is -0.366 e. The Bertz CT molecular complexity index is 895. The van der Waals surface area contributed by atoms with E-state index in [1.54, 1.807) is 0 Å². The quantitative estimate of drug-likeness (QED) is 0.803.